The fraction of sp³-hybridized carbons (Fsp3) is 0.381. The highest BCUT2D eigenvalue weighted by molar-refractivity contribution is 7.99. The molecule has 28 heavy (non-hydrogen) atoms. The lowest BCUT2D eigenvalue weighted by atomic mass is 10.2. The average Bonchev–Trinajstić information content (AvgIpc) is 2.73. The summed E-state index contributed by atoms with van der Waals surface area (Å²) in [5.74, 6) is 0.865. The van der Waals surface area contributed by atoms with E-state index in [2.05, 4.69) is 31.2 Å². The van der Waals surface area contributed by atoms with E-state index in [-0.39, 0.29) is 11.2 Å². The van der Waals surface area contributed by atoms with Gasteiger partial charge in [0.1, 0.15) is 0 Å². The highest BCUT2D eigenvalue weighted by atomic mass is 32.2. The number of piperazine rings is 1. The Balaban J connectivity index is 1.52. The number of benzene rings is 2. The van der Waals surface area contributed by atoms with Crippen LogP contribution in [0, 0.1) is 6.92 Å². The minimum Gasteiger partial charge on any atom is -0.339 e. The molecule has 5 nitrogen and oxygen atoms in total. The van der Waals surface area contributed by atoms with Crippen LogP contribution in [0.3, 0.4) is 0 Å². The summed E-state index contributed by atoms with van der Waals surface area (Å²) in [5.41, 5.74) is 2.43. The van der Waals surface area contributed by atoms with E-state index in [0.29, 0.717) is 31.1 Å². The van der Waals surface area contributed by atoms with Gasteiger partial charge in [-0.05, 0) is 31.5 Å². The molecule has 2 aromatic carbocycles. The standard InChI is InChI=1S/C21H26N2O3S2/c1-17-8-10-19(11-9-17)16-27-18(2)21(24)22-12-14-23(15-13-22)28(25,26)20-6-4-3-5-7-20/h3-11,18H,12-16H2,1-2H3/t18-/m0/s1. The van der Waals surface area contributed by atoms with E-state index in [0.717, 1.165) is 5.75 Å². The molecule has 1 atom stereocenters. The van der Waals surface area contributed by atoms with Gasteiger partial charge in [0.2, 0.25) is 15.9 Å². The lowest BCUT2D eigenvalue weighted by Crippen LogP contribution is -2.52. The number of aryl methyl sites for hydroxylation is 1. The summed E-state index contributed by atoms with van der Waals surface area (Å²) < 4.78 is 26.9. The highest BCUT2D eigenvalue weighted by Gasteiger charge is 2.31. The van der Waals surface area contributed by atoms with Crippen LogP contribution in [0.25, 0.3) is 0 Å². The second kappa shape index (κ2) is 9.11. The van der Waals surface area contributed by atoms with E-state index in [1.807, 2.05) is 6.92 Å². The zero-order chi connectivity index (χ0) is 20.1. The van der Waals surface area contributed by atoms with Crippen LogP contribution in [-0.2, 0) is 20.6 Å². The smallest absolute Gasteiger partial charge is 0.243 e. The van der Waals surface area contributed by atoms with Gasteiger partial charge in [-0.2, -0.15) is 4.31 Å². The summed E-state index contributed by atoms with van der Waals surface area (Å²) in [6.45, 7) is 5.51. The van der Waals surface area contributed by atoms with Crippen molar-refractivity contribution < 1.29 is 13.2 Å². The second-order valence-electron chi connectivity index (χ2n) is 6.98. The van der Waals surface area contributed by atoms with Crippen LogP contribution >= 0.6 is 11.8 Å². The zero-order valence-corrected chi connectivity index (χ0v) is 17.9. The molecule has 0 spiro atoms. The summed E-state index contributed by atoms with van der Waals surface area (Å²) in [6, 6.07) is 16.8. The van der Waals surface area contributed by atoms with Gasteiger partial charge in [0.05, 0.1) is 10.1 Å². The molecule has 0 N–H and O–H groups in total. The van der Waals surface area contributed by atoms with Crippen molar-refractivity contribution in [2.45, 2.75) is 29.7 Å². The van der Waals surface area contributed by atoms with Crippen molar-refractivity contribution >= 4 is 27.7 Å². The predicted octanol–water partition coefficient (Wildman–Crippen LogP) is 3.15. The van der Waals surface area contributed by atoms with Gasteiger partial charge in [-0.15, -0.1) is 11.8 Å². The quantitative estimate of drug-likeness (QED) is 0.723. The molecule has 0 bridgehead atoms. The maximum atomic E-state index is 12.7. The molecular weight excluding hydrogens is 392 g/mol. The van der Waals surface area contributed by atoms with Gasteiger partial charge in [0.15, 0.2) is 0 Å². The zero-order valence-electron chi connectivity index (χ0n) is 16.2. The van der Waals surface area contributed by atoms with Crippen LogP contribution in [0.2, 0.25) is 0 Å². The number of thioether (sulfide) groups is 1. The first-order valence-electron chi connectivity index (χ1n) is 9.39. The molecule has 0 saturated carbocycles. The van der Waals surface area contributed by atoms with Crippen molar-refractivity contribution in [1.82, 2.24) is 9.21 Å². The van der Waals surface area contributed by atoms with E-state index in [1.54, 1.807) is 47.0 Å². The highest BCUT2D eigenvalue weighted by Crippen LogP contribution is 2.22. The number of nitrogens with zero attached hydrogens (tertiary/aromatic N) is 2. The molecule has 2 aromatic rings. The second-order valence-corrected chi connectivity index (χ2v) is 10.2. The van der Waals surface area contributed by atoms with Gasteiger partial charge in [0, 0.05) is 31.9 Å². The van der Waals surface area contributed by atoms with Crippen molar-refractivity contribution in [3.8, 4) is 0 Å². The Morgan fingerprint density at radius 2 is 1.61 bits per heavy atom. The summed E-state index contributed by atoms with van der Waals surface area (Å²) in [4.78, 5) is 14.8. The molecule has 1 saturated heterocycles. The van der Waals surface area contributed by atoms with Crippen molar-refractivity contribution in [1.29, 1.82) is 0 Å². The van der Waals surface area contributed by atoms with E-state index < -0.39 is 10.0 Å². The number of hydrogen-bond donors (Lipinski definition) is 0. The van der Waals surface area contributed by atoms with E-state index in [9.17, 15) is 13.2 Å². The normalized spacial score (nSPS) is 16.7. The fourth-order valence-electron chi connectivity index (χ4n) is 3.12. The maximum Gasteiger partial charge on any atom is 0.243 e. The van der Waals surface area contributed by atoms with Crippen LogP contribution in [0.1, 0.15) is 18.1 Å². The molecule has 1 aliphatic heterocycles. The predicted molar refractivity (Wildman–Crippen MR) is 114 cm³/mol. The van der Waals surface area contributed by atoms with E-state index >= 15 is 0 Å². The van der Waals surface area contributed by atoms with Crippen molar-refractivity contribution in [2.75, 3.05) is 26.2 Å². The van der Waals surface area contributed by atoms with Gasteiger partial charge in [-0.1, -0.05) is 48.0 Å². The lowest BCUT2D eigenvalue weighted by Gasteiger charge is -2.35. The van der Waals surface area contributed by atoms with Gasteiger partial charge >= 0.3 is 0 Å². The van der Waals surface area contributed by atoms with Crippen molar-refractivity contribution in [3.63, 3.8) is 0 Å². The number of amides is 1. The first-order chi connectivity index (χ1) is 13.4. The Morgan fingerprint density at radius 3 is 2.21 bits per heavy atom. The fourth-order valence-corrected chi connectivity index (χ4v) is 5.49. The van der Waals surface area contributed by atoms with Crippen molar-refractivity contribution in [2.24, 2.45) is 0 Å². The number of hydrogen-bond acceptors (Lipinski definition) is 4. The third-order valence-electron chi connectivity index (χ3n) is 4.90. The van der Waals surface area contributed by atoms with Crippen LogP contribution in [-0.4, -0.2) is 55.0 Å². The SMILES string of the molecule is Cc1ccc(CS[C@@H](C)C(=O)N2CCN(S(=O)(=O)c3ccccc3)CC2)cc1. The Bertz CT molecular complexity index is 891. The van der Waals surface area contributed by atoms with Crippen LogP contribution in [0.5, 0.6) is 0 Å². The molecule has 1 heterocycles. The average molecular weight is 419 g/mol. The Hall–Kier alpha value is -1.83. The summed E-state index contributed by atoms with van der Waals surface area (Å²) in [7, 11) is -3.49. The molecule has 1 amide bonds. The molecule has 0 aliphatic carbocycles. The molecule has 1 aliphatic rings. The number of sulfonamides is 1. The minimum absolute atomic E-state index is 0.0777. The van der Waals surface area contributed by atoms with Gasteiger partial charge in [0.25, 0.3) is 0 Å². The van der Waals surface area contributed by atoms with Gasteiger partial charge in [-0.3, -0.25) is 4.79 Å². The number of rotatable bonds is 6. The third-order valence-corrected chi connectivity index (χ3v) is 8.01. The first kappa shape index (κ1) is 20.9. The number of carbonyl (C=O) groups is 1. The molecule has 0 radical (unpaired) electrons. The molecular formula is C21H26N2O3S2. The van der Waals surface area contributed by atoms with Crippen LogP contribution in [0.15, 0.2) is 59.5 Å². The minimum atomic E-state index is -3.49. The summed E-state index contributed by atoms with van der Waals surface area (Å²) in [6.07, 6.45) is 0. The molecule has 7 heteroatoms. The van der Waals surface area contributed by atoms with E-state index in [1.165, 1.54) is 15.4 Å². The molecule has 1 fully saturated rings. The Morgan fingerprint density at radius 1 is 1.00 bits per heavy atom. The van der Waals surface area contributed by atoms with Crippen LogP contribution in [0.4, 0.5) is 0 Å². The molecule has 0 aromatic heterocycles. The molecule has 3 rings (SSSR count). The number of carbonyl (C=O) groups excluding carboxylic acids is 1. The van der Waals surface area contributed by atoms with Crippen molar-refractivity contribution in [3.05, 3.63) is 65.7 Å². The topological polar surface area (TPSA) is 57.7 Å². The Labute approximate surface area is 171 Å². The monoisotopic (exact) mass is 418 g/mol. The van der Waals surface area contributed by atoms with Crippen LogP contribution < -0.4 is 0 Å². The summed E-state index contributed by atoms with van der Waals surface area (Å²) in [5, 5.41) is -0.154. The maximum absolute atomic E-state index is 12.7. The molecule has 150 valence electrons. The first-order valence-corrected chi connectivity index (χ1v) is 11.9. The van der Waals surface area contributed by atoms with Gasteiger partial charge in [-0.25, -0.2) is 8.42 Å². The molecule has 0 unspecified atom stereocenters. The largest absolute Gasteiger partial charge is 0.339 e. The van der Waals surface area contributed by atoms with E-state index in [4.69, 9.17) is 0 Å². The third kappa shape index (κ3) is 4.96. The lowest BCUT2D eigenvalue weighted by molar-refractivity contribution is -0.131. The van der Waals surface area contributed by atoms with Gasteiger partial charge < -0.3 is 4.90 Å². The summed E-state index contributed by atoms with van der Waals surface area (Å²) >= 11 is 1.62. The Kier molecular flexibility index (Phi) is 6.80.